The normalized spacial score (nSPS) is 12.6. The summed E-state index contributed by atoms with van der Waals surface area (Å²) < 4.78 is 0. The van der Waals surface area contributed by atoms with Crippen LogP contribution in [0.3, 0.4) is 0 Å². The Morgan fingerprint density at radius 1 is 1.17 bits per heavy atom. The summed E-state index contributed by atoms with van der Waals surface area (Å²) in [5, 5.41) is 3.35. The lowest BCUT2D eigenvalue weighted by atomic mass is 9.99. The Morgan fingerprint density at radius 3 is 2.56 bits per heavy atom. The van der Waals surface area contributed by atoms with Crippen molar-refractivity contribution < 1.29 is 0 Å². The Labute approximate surface area is 114 Å². The van der Waals surface area contributed by atoms with Crippen molar-refractivity contribution in [1.82, 2.24) is 5.32 Å². The molecule has 0 radical (unpaired) electrons. The predicted molar refractivity (Wildman–Crippen MR) is 83.6 cm³/mol. The summed E-state index contributed by atoms with van der Waals surface area (Å²) in [4.78, 5) is 0. The topological polar surface area (TPSA) is 12.0 Å². The number of allylic oxidation sites excluding steroid dienone is 4. The van der Waals surface area contributed by atoms with Gasteiger partial charge in [0.1, 0.15) is 0 Å². The van der Waals surface area contributed by atoms with Gasteiger partial charge in [-0.1, -0.05) is 51.5 Å². The molecule has 1 heteroatoms. The van der Waals surface area contributed by atoms with Crippen LogP contribution in [-0.4, -0.2) is 6.54 Å². The van der Waals surface area contributed by atoms with Gasteiger partial charge in [0, 0.05) is 12.2 Å². The fraction of sp³-hybridized carbons (Fsp3) is 0.647. The highest BCUT2D eigenvalue weighted by Gasteiger charge is 2.03. The first-order valence-electron chi connectivity index (χ1n) is 7.43. The average Bonchev–Trinajstić information content (AvgIpc) is 2.38. The maximum Gasteiger partial charge on any atom is 0.0141 e. The molecule has 0 aliphatic heterocycles. The van der Waals surface area contributed by atoms with Crippen molar-refractivity contribution in [2.75, 3.05) is 6.54 Å². The molecule has 0 aliphatic carbocycles. The van der Waals surface area contributed by atoms with Gasteiger partial charge in [0.15, 0.2) is 0 Å². The number of nitrogens with one attached hydrogen (secondary N) is 1. The van der Waals surface area contributed by atoms with E-state index in [0.29, 0.717) is 5.92 Å². The molecule has 0 aromatic carbocycles. The Balaban J connectivity index is 3.75. The molecule has 0 bridgehead atoms. The molecule has 0 fully saturated rings. The lowest BCUT2D eigenvalue weighted by Gasteiger charge is -2.13. The summed E-state index contributed by atoms with van der Waals surface area (Å²) in [5.41, 5.74) is 1.14. The van der Waals surface area contributed by atoms with Crippen LogP contribution in [0.25, 0.3) is 0 Å². The highest BCUT2D eigenvalue weighted by Crippen LogP contribution is 2.15. The molecule has 0 rings (SSSR count). The predicted octanol–water partition coefficient (Wildman–Crippen LogP) is 5.22. The van der Waals surface area contributed by atoms with E-state index in [0.717, 1.165) is 31.5 Å². The standard InChI is InChI=1S/C17H31N/c1-5-8-9-10-11-12-13-17(7-3)15-16(4)18-14-6-2/h7,11-12,17-18H,3-6,8-10,13-15H2,1-2H3/b12-11+. The van der Waals surface area contributed by atoms with E-state index in [4.69, 9.17) is 0 Å². The van der Waals surface area contributed by atoms with Crippen LogP contribution in [0.1, 0.15) is 58.8 Å². The van der Waals surface area contributed by atoms with Crippen molar-refractivity contribution in [3.05, 3.63) is 37.1 Å². The van der Waals surface area contributed by atoms with Gasteiger partial charge in [0.25, 0.3) is 0 Å². The molecular formula is C17H31N. The Morgan fingerprint density at radius 2 is 1.94 bits per heavy atom. The minimum absolute atomic E-state index is 0.518. The van der Waals surface area contributed by atoms with Crippen LogP contribution in [-0.2, 0) is 0 Å². The lowest BCUT2D eigenvalue weighted by Crippen LogP contribution is -2.15. The van der Waals surface area contributed by atoms with Gasteiger partial charge in [-0.25, -0.2) is 0 Å². The van der Waals surface area contributed by atoms with Gasteiger partial charge in [0.05, 0.1) is 0 Å². The van der Waals surface area contributed by atoms with Crippen LogP contribution >= 0.6 is 0 Å². The maximum absolute atomic E-state index is 4.07. The van der Waals surface area contributed by atoms with E-state index in [9.17, 15) is 0 Å². The zero-order valence-corrected chi connectivity index (χ0v) is 12.4. The highest BCUT2D eigenvalue weighted by molar-refractivity contribution is 4.99. The second-order valence-electron chi connectivity index (χ2n) is 4.93. The number of hydrogen-bond acceptors (Lipinski definition) is 1. The molecule has 0 aromatic heterocycles. The summed E-state index contributed by atoms with van der Waals surface area (Å²) in [6, 6.07) is 0. The van der Waals surface area contributed by atoms with Gasteiger partial charge in [-0.2, -0.15) is 0 Å². The van der Waals surface area contributed by atoms with Gasteiger partial charge in [-0.15, -0.1) is 6.58 Å². The summed E-state index contributed by atoms with van der Waals surface area (Å²) in [6.45, 7) is 13.4. The van der Waals surface area contributed by atoms with Gasteiger partial charge in [-0.3, -0.25) is 0 Å². The van der Waals surface area contributed by atoms with E-state index in [1.165, 1.54) is 25.7 Å². The van der Waals surface area contributed by atoms with Crippen LogP contribution in [0.5, 0.6) is 0 Å². The van der Waals surface area contributed by atoms with E-state index in [2.05, 4.69) is 50.6 Å². The quantitative estimate of drug-likeness (QED) is 0.369. The van der Waals surface area contributed by atoms with Crippen molar-refractivity contribution in [3.8, 4) is 0 Å². The highest BCUT2D eigenvalue weighted by atomic mass is 14.9. The zero-order chi connectivity index (χ0) is 13.6. The van der Waals surface area contributed by atoms with Gasteiger partial charge in [-0.05, 0) is 38.0 Å². The first kappa shape index (κ1) is 17.0. The molecule has 1 N–H and O–H groups in total. The third-order valence-corrected chi connectivity index (χ3v) is 3.05. The molecule has 1 atom stereocenters. The summed E-state index contributed by atoms with van der Waals surface area (Å²) in [6.07, 6.45) is 15.1. The minimum atomic E-state index is 0.518. The fourth-order valence-corrected chi connectivity index (χ4v) is 1.85. The van der Waals surface area contributed by atoms with E-state index in [1.54, 1.807) is 0 Å². The van der Waals surface area contributed by atoms with Crippen molar-refractivity contribution in [2.24, 2.45) is 5.92 Å². The number of hydrogen-bond donors (Lipinski definition) is 1. The fourth-order valence-electron chi connectivity index (χ4n) is 1.85. The van der Waals surface area contributed by atoms with Crippen LogP contribution in [0.2, 0.25) is 0 Å². The molecular weight excluding hydrogens is 218 g/mol. The minimum Gasteiger partial charge on any atom is -0.389 e. The third kappa shape index (κ3) is 10.2. The molecule has 0 spiro atoms. The third-order valence-electron chi connectivity index (χ3n) is 3.05. The summed E-state index contributed by atoms with van der Waals surface area (Å²) in [5.74, 6) is 0.518. The SMILES string of the molecule is C=CC(C/C=C/CCCCC)CC(=C)NCCC. The van der Waals surface area contributed by atoms with Crippen molar-refractivity contribution in [3.63, 3.8) is 0 Å². The first-order valence-corrected chi connectivity index (χ1v) is 7.43. The zero-order valence-electron chi connectivity index (χ0n) is 12.4. The van der Waals surface area contributed by atoms with Crippen molar-refractivity contribution in [1.29, 1.82) is 0 Å². The number of unbranched alkanes of at least 4 members (excludes halogenated alkanes) is 3. The molecule has 0 heterocycles. The lowest BCUT2D eigenvalue weighted by molar-refractivity contribution is 0.610. The molecule has 104 valence electrons. The van der Waals surface area contributed by atoms with Crippen molar-refractivity contribution in [2.45, 2.75) is 58.8 Å². The largest absolute Gasteiger partial charge is 0.389 e. The average molecular weight is 249 g/mol. The second-order valence-corrected chi connectivity index (χ2v) is 4.93. The molecule has 0 amide bonds. The van der Waals surface area contributed by atoms with E-state index in [1.807, 2.05) is 0 Å². The smallest absolute Gasteiger partial charge is 0.0141 e. The Kier molecular flexibility index (Phi) is 11.8. The van der Waals surface area contributed by atoms with Crippen LogP contribution in [0.15, 0.2) is 37.1 Å². The van der Waals surface area contributed by atoms with Crippen molar-refractivity contribution >= 4 is 0 Å². The molecule has 18 heavy (non-hydrogen) atoms. The molecule has 1 nitrogen and oxygen atoms in total. The van der Waals surface area contributed by atoms with E-state index in [-0.39, 0.29) is 0 Å². The molecule has 1 unspecified atom stereocenters. The summed E-state index contributed by atoms with van der Waals surface area (Å²) >= 11 is 0. The Hall–Kier alpha value is -0.980. The Bertz CT molecular complexity index is 240. The van der Waals surface area contributed by atoms with Gasteiger partial charge < -0.3 is 5.32 Å². The molecule has 0 aliphatic rings. The van der Waals surface area contributed by atoms with E-state index < -0.39 is 0 Å². The van der Waals surface area contributed by atoms with Crippen LogP contribution in [0, 0.1) is 5.92 Å². The molecule has 0 aromatic rings. The van der Waals surface area contributed by atoms with Crippen LogP contribution in [0.4, 0.5) is 0 Å². The monoisotopic (exact) mass is 249 g/mol. The molecule has 0 saturated heterocycles. The second kappa shape index (κ2) is 12.5. The first-order chi connectivity index (χ1) is 8.74. The maximum atomic E-state index is 4.07. The summed E-state index contributed by atoms with van der Waals surface area (Å²) in [7, 11) is 0. The number of rotatable bonds is 12. The van der Waals surface area contributed by atoms with Gasteiger partial charge >= 0.3 is 0 Å². The van der Waals surface area contributed by atoms with Gasteiger partial charge in [0.2, 0.25) is 0 Å². The van der Waals surface area contributed by atoms with Crippen LogP contribution < -0.4 is 5.32 Å². The van der Waals surface area contributed by atoms with E-state index >= 15 is 0 Å². The molecule has 0 saturated carbocycles.